The molecule has 30 heavy (non-hydrogen) atoms. The second kappa shape index (κ2) is 7.50. The Hall–Kier alpha value is -2.75. The van der Waals surface area contributed by atoms with Gasteiger partial charge in [-0.15, -0.1) is 0 Å². The molecule has 4 heterocycles. The highest BCUT2D eigenvalue weighted by Crippen LogP contribution is 2.30. The lowest BCUT2D eigenvalue weighted by Gasteiger charge is -2.36. The van der Waals surface area contributed by atoms with Gasteiger partial charge in [-0.05, 0) is 37.2 Å². The number of methoxy groups -OCH3 is 1. The van der Waals surface area contributed by atoms with Gasteiger partial charge < -0.3 is 24.4 Å². The fourth-order valence-electron chi connectivity index (χ4n) is 4.10. The Kier molecular flexibility index (Phi) is 4.80. The van der Waals surface area contributed by atoms with Gasteiger partial charge in [0.15, 0.2) is 5.82 Å². The number of aromatic nitrogens is 4. The van der Waals surface area contributed by atoms with E-state index >= 15 is 0 Å². The van der Waals surface area contributed by atoms with Crippen molar-refractivity contribution in [2.24, 2.45) is 0 Å². The lowest BCUT2D eigenvalue weighted by Crippen LogP contribution is -2.51. The molecule has 158 valence electrons. The van der Waals surface area contributed by atoms with E-state index in [1.54, 1.807) is 7.11 Å². The molecule has 5 rings (SSSR count). The van der Waals surface area contributed by atoms with E-state index in [1.165, 1.54) is 11.1 Å². The number of β-amino-alcohol motifs (C(OH)–C–C–N with tert-alkyl or cyclic N) is 1. The SMILES string of the molecule is COc1nc(N2CC(O)C2)cc(-n2ncc3cc(C)c(C4CN(C)CCO4)cc32)n1. The summed E-state index contributed by atoms with van der Waals surface area (Å²) in [6.45, 7) is 5.76. The summed E-state index contributed by atoms with van der Waals surface area (Å²) >= 11 is 0. The first-order chi connectivity index (χ1) is 14.5. The maximum Gasteiger partial charge on any atom is 0.320 e. The van der Waals surface area contributed by atoms with Crippen LogP contribution in [0.5, 0.6) is 6.01 Å². The van der Waals surface area contributed by atoms with Gasteiger partial charge in [0.05, 0.1) is 37.6 Å². The number of hydrogen-bond donors (Lipinski definition) is 1. The number of ether oxygens (including phenoxy) is 2. The molecule has 0 spiro atoms. The summed E-state index contributed by atoms with van der Waals surface area (Å²) in [5, 5.41) is 15.3. The normalized spacial score (nSPS) is 20.5. The van der Waals surface area contributed by atoms with Crippen LogP contribution in [0.15, 0.2) is 24.4 Å². The van der Waals surface area contributed by atoms with Crippen LogP contribution in [-0.2, 0) is 4.74 Å². The molecule has 2 aromatic heterocycles. The van der Waals surface area contributed by atoms with E-state index in [0.29, 0.717) is 18.9 Å². The van der Waals surface area contributed by atoms with E-state index in [2.05, 4.69) is 46.1 Å². The number of nitrogens with zero attached hydrogens (tertiary/aromatic N) is 6. The smallest absolute Gasteiger partial charge is 0.320 e. The number of benzene rings is 1. The number of fused-ring (bicyclic) bond motifs is 1. The highest BCUT2D eigenvalue weighted by molar-refractivity contribution is 5.82. The monoisotopic (exact) mass is 410 g/mol. The molecular weight excluding hydrogens is 384 g/mol. The van der Waals surface area contributed by atoms with E-state index < -0.39 is 0 Å². The zero-order valence-corrected chi connectivity index (χ0v) is 17.4. The molecule has 2 aliphatic heterocycles. The van der Waals surface area contributed by atoms with Crippen LogP contribution in [0.4, 0.5) is 5.82 Å². The molecule has 1 unspecified atom stereocenters. The number of aliphatic hydroxyl groups is 1. The van der Waals surface area contributed by atoms with Gasteiger partial charge in [0.25, 0.3) is 0 Å². The minimum atomic E-state index is -0.320. The second-order valence-corrected chi connectivity index (χ2v) is 8.08. The lowest BCUT2D eigenvalue weighted by atomic mass is 10.00. The number of likely N-dealkylation sites (N-methyl/N-ethyl adjacent to an activating group) is 1. The topological polar surface area (TPSA) is 88.8 Å². The number of morpholine rings is 1. The molecule has 9 heteroatoms. The first-order valence-electron chi connectivity index (χ1n) is 10.2. The van der Waals surface area contributed by atoms with Crippen LogP contribution in [-0.4, -0.2) is 82.8 Å². The number of hydrogen-bond acceptors (Lipinski definition) is 8. The van der Waals surface area contributed by atoms with Gasteiger partial charge in [0.1, 0.15) is 5.82 Å². The molecule has 0 bridgehead atoms. The predicted octanol–water partition coefficient (Wildman–Crippen LogP) is 1.32. The summed E-state index contributed by atoms with van der Waals surface area (Å²) in [5.74, 6) is 1.35. The van der Waals surface area contributed by atoms with Crippen molar-refractivity contribution < 1.29 is 14.6 Å². The molecule has 1 aromatic carbocycles. The Bertz CT molecular complexity index is 1080. The van der Waals surface area contributed by atoms with E-state index in [1.807, 2.05) is 21.8 Å². The third-order valence-electron chi connectivity index (χ3n) is 5.84. The average Bonchev–Trinajstić information content (AvgIpc) is 3.13. The molecule has 0 aliphatic carbocycles. The molecule has 2 aliphatic rings. The summed E-state index contributed by atoms with van der Waals surface area (Å²) in [6.07, 6.45) is 1.57. The van der Waals surface area contributed by atoms with Gasteiger partial charge in [-0.25, -0.2) is 4.68 Å². The van der Waals surface area contributed by atoms with E-state index in [9.17, 15) is 5.11 Å². The Morgan fingerprint density at radius 2 is 1.93 bits per heavy atom. The van der Waals surface area contributed by atoms with Crippen molar-refractivity contribution >= 4 is 16.7 Å². The van der Waals surface area contributed by atoms with Gasteiger partial charge in [-0.2, -0.15) is 15.1 Å². The Morgan fingerprint density at radius 1 is 1.13 bits per heavy atom. The van der Waals surface area contributed by atoms with Crippen molar-refractivity contribution in [3.05, 3.63) is 35.5 Å². The average molecular weight is 410 g/mol. The van der Waals surface area contributed by atoms with Crippen molar-refractivity contribution in [3.8, 4) is 11.8 Å². The summed E-state index contributed by atoms with van der Waals surface area (Å²) in [6, 6.07) is 6.46. The van der Waals surface area contributed by atoms with Crippen molar-refractivity contribution in [2.45, 2.75) is 19.1 Å². The van der Waals surface area contributed by atoms with E-state index in [0.717, 1.165) is 36.4 Å². The molecular formula is C21H26N6O3. The van der Waals surface area contributed by atoms with Crippen LogP contribution in [0.25, 0.3) is 16.7 Å². The third-order valence-corrected chi connectivity index (χ3v) is 5.84. The van der Waals surface area contributed by atoms with Crippen LogP contribution in [0.1, 0.15) is 17.2 Å². The maximum absolute atomic E-state index is 9.65. The molecule has 0 radical (unpaired) electrons. The van der Waals surface area contributed by atoms with Crippen LogP contribution in [0.2, 0.25) is 0 Å². The molecule has 9 nitrogen and oxygen atoms in total. The van der Waals surface area contributed by atoms with Gasteiger partial charge in [0.2, 0.25) is 0 Å². The maximum atomic E-state index is 9.65. The molecule has 3 aromatic rings. The first kappa shape index (κ1) is 19.2. The lowest BCUT2D eigenvalue weighted by molar-refractivity contribution is -0.0211. The minimum Gasteiger partial charge on any atom is -0.467 e. The predicted molar refractivity (Wildman–Crippen MR) is 112 cm³/mol. The van der Waals surface area contributed by atoms with Gasteiger partial charge in [-0.1, -0.05) is 0 Å². The molecule has 1 atom stereocenters. The Balaban J connectivity index is 1.57. The largest absolute Gasteiger partial charge is 0.467 e. The highest BCUT2D eigenvalue weighted by Gasteiger charge is 2.27. The highest BCUT2D eigenvalue weighted by atomic mass is 16.5. The summed E-state index contributed by atoms with van der Waals surface area (Å²) in [7, 11) is 3.67. The Morgan fingerprint density at radius 3 is 2.67 bits per heavy atom. The summed E-state index contributed by atoms with van der Waals surface area (Å²) in [4.78, 5) is 13.2. The standard InChI is InChI=1S/C21H26N6O3/c1-13-6-14-9-22-27(17(14)7-16(13)18-12-25(2)4-5-30-18)20-8-19(23-21(24-20)29-3)26-10-15(28)11-26/h6-9,15,18,28H,4-5,10-12H2,1-3H3. The molecule has 0 amide bonds. The van der Waals surface area contributed by atoms with Crippen molar-refractivity contribution in [2.75, 3.05) is 51.8 Å². The zero-order valence-electron chi connectivity index (χ0n) is 17.4. The zero-order chi connectivity index (χ0) is 20.8. The van der Waals surface area contributed by atoms with E-state index in [-0.39, 0.29) is 18.2 Å². The molecule has 0 saturated carbocycles. The number of anilines is 1. The minimum absolute atomic E-state index is 0.0366. The van der Waals surface area contributed by atoms with Crippen LogP contribution in [0.3, 0.4) is 0 Å². The van der Waals surface area contributed by atoms with Gasteiger partial charge in [0, 0.05) is 37.6 Å². The van der Waals surface area contributed by atoms with Crippen LogP contribution >= 0.6 is 0 Å². The van der Waals surface area contributed by atoms with Gasteiger partial charge in [-0.3, -0.25) is 0 Å². The summed E-state index contributed by atoms with van der Waals surface area (Å²) < 4.78 is 13.2. The van der Waals surface area contributed by atoms with Crippen molar-refractivity contribution in [1.82, 2.24) is 24.6 Å². The number of aryl methyl sites for hydroxylation is 1. The fraction of sp³-hybridized carbons (Fsp3) is 0.476. The molecule has 1 N–H and O–H groups in total. The van der Waals surface area contributed by atoms with Gasteiger partial charge >= 0.3 is 6.01 Å². The third kappa shape index (κ3) is 3.38. The van der Waals surface area contributed by atoms with Crippen LogP contribution < -0.4 is 9.64 Å². The Labute approximate surface area is 174 Å². The molecule has 2 fully saturated rings. The summed E-state index contributed by atoms with van der Waals surface area (Å²) in [5.41, 5.74) is 3.32. The number of aliphatic hydroxyl groups excluding tert-OH is 1. The van der Waals surface area contributed by atoms with E-state index in [4.69, 9.17) is 9.47 Å². The molecule has 2 saturated heterocycles. The number of rotatable bonds is 4. The fourth-order valence-corrected chi connectivity index (χ4v) is 4.10. The van der Waals surface area contributed by atoms with Crippen LogP contribution in [0, 0.1) is 6.92 Å². The van der Waals surface area contributed by atoms with Crippen molar-refractivity contribution in [3.63, 3.8) is 0 Å². The second-order valence-electron chi connectivity index (χ2n) is 8.08. The van der Waals surface area contributed by atoms with Crippen molar-refractivity contribution in [1.29, 1.82) is 0 Å². The quantitative estimate of drug-likeness (QED) is 0.689. The first-order valence-corrected chi connectivity index (χ1v) is 10.2.